The van der Waals surface area contributed by atoms with Crippen molar-refractivity contribution in [3.05, 3.63) is 68.4 Å². The van der Waals surface area contributed by atoms with Crippen LogP contribution in [0.1, 0.15) is 10.4 Å². The molecule has 4 rings (SSSR count). The van der Waals surface area contributed by atoms with E-state index >= 15 is 0 Å². The van der Waals surface area contributed by atoms with E-state index in [1.54, 1.807) is 24.3 Å². The van der Waals surface area contributed by atoms with E-state index in [2.05, 4.69) is 4.99 Å². The zero-order valence-electron chi connectivity index (χ0n) is 13.8. The van der Waals surface area contributed by atoms with E-state index < -0.39 is 5.97 Å². The molecule has 0 spiro atoms. The summed E-state index contributed by atoms with van der Waals surface area (Å²) in [5.41, 5.74) is 0.734. The van der Waals surface area contributed by atoms with Crippen molar-refractivity contribution in [2.75, 3.05) is 7.11 Å². The molecule has 136 valence electrons. The smallest absolute Gasteiger partial charge is 0.363 e. The summed E-state index contributed by atoms with van der Waals surface area (Å²) in [5, 5.41) is 1.55. The van der Waals surface area contributed by atoms with E-state index in [0.29, 0.717) is 30.9 Å². The number of halogens is 3. The zero-order valence-corrected chi connectivity index (χ0v) is 16.1. The Balaban J connectivity index is 1.77. The van der Waals surface area contributed by atoms with Gasteiger partial charge < -0.3 is 9.47 Å². The second-order valence-corrected chi connectivity index (χ2v) is 7.37. The van der Waals surface area contributed by atoms with Crippen LogP contribution >= 0.6 is 34.5 Å². The molecular weight excluding hydrogens is 412 g/mol. The molecule has 0 N–H and O–H groups in total. The van der Waals surface area contributed by atoms with Crippen LogP contribution in [0, 0.1) is 5.82 Å². The van der Waals surface area contributed by atoms with E-state index in [4.69, 9.17) is 32.7 Å². The Morgan fingerprint density at radius 3 is 2.59 bits per heavy atom. The third-order valence-electron chi connectivity index (χ3n) is 3.91. The minimum atomic E-state index is -0.605. The van der Waals surface area contributed by atoms with Crippen molar-refractivity contribution in [3.63, 3.8) is 0 Å². The number of cyclic esters (lactones) is 1. The van der Waals surface area contributed by atoms with Gasteiger partial charge in [0.1, 0.15) is 21.5 Å². The van der Waals surface area contributed by atoms with Gasteiger partial charge in [0.2, 0.25) is 5.90 Å². The summed E-state index contributed by atoms with van der Waals surface area (Å²) >= 11 is 14.1. The van der Waals surface area contributed by atoms with Gasteiger partial charge in [-0.15, -0.1) is 11.3 Å². The van der Waals surface area contributed by atoms with Gasteiger partial charge >= 0.3 is 5.97 Å². The highest BCUT2D eigenvalue weighted by atomic mass is 35.5. The number of benzene rings is 2. The SMILES string of the molecule is COc1ccc2c(Cl)c(C3=N/C(=C\c4ccc(F)cc4)C(=O)O3)sc2c1Cl. The molecule has 1 aliphatic heterocycles. The van der Waals surface area contributed by atoms with Gasteiger partial charge in [-0.3, -0.25) is 0 Å². The molecule has 0 bridgehead atoms. The zero-order chi connectivity index (χ0) is 19.1. The Kier molecular flexibility index (Phi) is 4.63. The summed E-state index contributed by atoms with van der Waals surface area (Å²) in [6, 6.07) is 9.19. The van der Waals surface area contributed by atoms with Crippen molar-refractivity contribution in [1.82, 2.24) is 0 Å². The molecule has 3 aromatic rings. The summed E-state index contributed by atoms with van der Waals surface area (Å²) in [5.74, 6) is -0.336. The highest BCUT2D eigenvalue weighted by Crippen LogP contribution is 2.44. The van der Waals surface area contributed by atoms with Crippen LogP contribution in [0.2, 0.25) is 10.0 Å². The third kappa shape index (κ3) is 3.20. The number of hydrogen-bond donors (Lipinski definition) is 0. The Labute approximate surface area is 167 Å². The lowest BCUT2D eigenvalue weighted by atomic mass is 10.2. The third-order valence-corrected chi connectivity index (χ3v) is 6.11. The fourth-order valence-corrected chi connectivity index (χ4v) is 4.41. The Bertz CT molecular complexity index is 1140. The molecule has 1 aromatic heterocycles. The van der Waals surface area contributed by atoms with Gasteiger partial charge in [0.05, 0.1) is 16.8 Å². The van der Waals surface area contributed by atoms with Gasteiger partial charge in [0.15, 0.2) is 5.70 Å². The molecule has 0 unspecified atom stereocenters. The van der Waals surface area contributed by atoms with Gasteiger partial charge in [-0.2, -0.15) is 0 Å². The molecule has 0 saturated carbocycles. The summed E-state index contributed by atoms with van der Waals surface area (Å²) in [6.07, 6.45) is 1.52. The van der Waals surface area contributed by atoms with E-state index in [-0.39, 0.29) is 17.4 Å². The van der Waals surface area contributed by atoms with Crippen LogP contribution in [0.15, 0.2) is 47.1 Å². The number of ether oxygens (including phenoxy) is 2. The first-order valence-electron chi connectivity index (χ1n) is 7.71. The molecule has 27 heavy (non-hydrogen) atoms. The Morgan fingerprint density at radius 1 is 1.15 bits per heavy atom. The van der Waals surface area contributed by atoms with Crippen molar-refractivity contribution in [1.29, 1.82) is 0 Å². The van der Waals surface area contributed by atoms with Crippen LogP contribution in [-0.4, -0.2) is 19.0 Å². The average molecular weight is 422 g/mol. The molecule has 0 aliphatic carbocycles. The topological polar surface area (TPSA) is 47.9 Å². The van der Waals surface area contributed by atoms with Crippen LogP contribution in [-0.2, 0) is 9.53 Å². The number of hydrogen-bond acceptors (Lipinski definition) is 5. The number of rotatable bonds is 3. The monoisotopic (exact) mass is 421 g/mol. The van der Waals surface area contributed by atoms with E-state index in [1.165, 1.54) is 36.7 Å². The van der Waals surface area contributed by atoms with Crippen molar-refractivity contribution >= 4 is 62.6 Å². The molecule has 2 heterocycles. The number of thiophene rings is 1. The first kappa shape index (κ1) is 18.0. The maximum atomic E-state index is 13.0. The normalized spacial score (nSPS) is 15.3. The minimum Gasteiger partial charge on any atom is -0.495 e. The second kappa shape index (κ2) is 6.96. The number of carbonyl (C=O) groups is 1. The first-order valence-corrected chi connectivity index (χ1v) is 9.28. The van der Waals surface area contributed by atoms with Crippen LogP contribution in [0.4, 0.5) is 4.39 Å². The number of aliphatic imine (C=N–C) groups is 1. The average Bonchev–Trinajstić information content (AvgIpc) is 3.18. The van der Waals surface area contributed by atoms with Crippen molar-refractivity contribution in [3.8, 4) is 5.75 Å². The fourth-order valence-electron chi connectivity index (χ4n) is 2.60. The number of carbonyl (C=O) groups excluding carboxylic acids is 1. The molecule has 4 nitrogen and oxygen atoms in total. The number of nitrogens with zero attached hydrogens (tertiary/aromatic N) is 1. The van der Waals surface area contributed by atoms with E-state index in [1.807, 2.05) is 0 Å². The molecule has 1 aliphatic rings. The minimum absolute atomic E-state index is 0.105. The second-order valence-electron chi connectivity index (χ2n) is 5.59. The van der Waals surface area contributed by atoms with Crippen LogP contribution in [0.5, 0.6) is 5.75 Å². The maximum absolute atomic E-state index is 13.0. The van der Waals surface area contributed by atoms with Gasteiger partial charge in [-0.1, -0.05) is 35.3 Å². The molecule has 0 atom stereocenters. The van der Waals surface area contributed by atoms with Crippen LogP contribution in [0.25, 0.3) is 16.2 Å². The molecule has 2 aromatic carbocycles. The van der Waals surface area contributed by atoms with Crippen molar-refractivity contribution in [2.24, 2.45) is 4.99 Å². The van der Waals surface area contributed by atoms with Gasteiger partial charge in [0.25, 0.3) is 0 Å². The lowest BCUT2D eigenvalue weighted by molar-refractivity contribution is -0.129. The van der Waals surface area contributed by atoms with Gasteiger partial charge in [-0.05, 0) is 35.9 Å². The largest absolute Gasteiger partial charge is 0.495 e. The molecular formula is C19H10Cl2FNO3S. The summed E-state index contributed by atoms with van der Waals surface area (Å²) in [7, 11) is 1.53. The molecule has 0 radical (unpaired) electrons. The molecule has 0 saturated heterocycles. The standard InChI is InChI=1S/C19H10Cl2FNO3S/c1-25-13-7-6-11-14(20)17(27-16(11)15(13)21)18-23-12(19(24)26-18)8-9-2-4-10(22)5-3-9/h2-8H,1H3/b12-8-. The predicted molar refractivity (Wildman–Crippen MR) is 105 cm³/mol. The lowest BCUT2D eigenvalue weighted by Gasteiger charge is -2.02. The number of fused-ring (bicyclic) bond motifs is 1. The van der Waals surface area contributed by atoms with Gasteiger partial charge in [-0.25, -0.2) is 14.2 Å². The summed E-state index contributed by atoms with van der Waals surface area (Å²) in [4.78, 5) is 16.9. The fraction of sp³-hybridized carbons (Fsp3) is 0.0526. The van der Waals surface area contributed by atoms with Crippen LogP contribution < -0.4 is 4.74 Å². The number of esters is 1. The van der Waals surface area contributed by atoms with E-state index in [9.17, 15) is 9.18 Å². The maximum Gasteiger partial charge on any atom is 0.363 e. The van der Waals surface area contributed by atoms with Gasteiger partial charge in [0, 0.05) is 5.39 Å². The summed E-state index contributed by atoms with van der Waals surface area (Å²) in [6.45, 7) is 0. The Hall–Kier alpha value is -2.41. The van der Waals surface area contributed by atoms with Crippen LogP contribution in [0.3, 0.4) is 0 Å². The highest BCUT2D eigenvalue weighted by molar-refractivity contribution is 7.22. The number of methoxy groups -OCH3 is 1. The van der Waals surface area contributed by atoms with Crippen molar-refractivity contribution in [2.45, 2.75) is 0 Å². The predicted octanol–water partition coefficient (Wildman–Crippen LogP) is 5.70. The first-order chi connectivity index (χ1) is 13.0. The molecule has 0 amide bonds. The molecule has 8 heteroatoms. The molecule has 0 fully saturated rings. The lowest BCUT2D eigenvalue weighted by Crippen LogP contribution is -2.04. The summed E-state index contributed by atoms with van der Waals surface area (Å²) < 4.78 is 24.2. The van der Waals surface area contributed by atoms with E-state index in [0.717, 1.165) is 5.39 Å². The highest BCUT2D eigenvalue weighted by Gasteiger charge is 2.28. The van der Waals surface area contributed by atoms with Crippen molar-refractivity contribution < 1.29 is 18.7 Å². The Morgan fingerprint density at radius 2 is 1.89 bits per heavy atom. The quantitative estimate of drug-likeness (QED) is 0.402.